The Kier molecular flexibility index (Phi) is 5.45. The molecular weight excluding hydrogens is 332 g/mol. The van der Waals surface area contributed by atoms with Crippen molar-refractivity contribution in [2.45, 2.75) is 17.1 Å². The molecule has 2 aromatic rings. The van der Waals surface area contributed by atoms with Gasteiger partial charge in [-0.1, -0.05) is 23.9 Å². The molecule has 0 fully saturated rings. The third-order valence-electron chi connectivity index (χ3n) is 2.48. The van der Waals surface area contributed by atoms with E-state index in [1.807, 2.05) is 0 Å². The number of hydrogen-bond acceptors (Lipinski definition) is 5. The van der Waals surface area contributed by atoms with Gasteiger partial charge in [-0.15, -0.1) is 11.3 Å². The predicted molar refractivity (Wildman–Crippen MR) is 81.3 cm³/mol. The van der Waals surface area contributed by atoms with Crippen molar-refractivity contribution >= 4 is 40.0 Å². The average Bonchev–Trinajstić information content (AvgIpc) is 2.84. The molecule has 0 aliphatic rings. The van der Waals surface area contributed by atoms with Crippen molar-refractivity contribution < 1.29 is 18.4 Å². The second-order valence-corrected chi connectivity index (χ2v) is 6.01. The Morgan fingerprint density at radius 1 is 1.36 bits per heavy atom. The lowest BCUT2D eigenvalue weighted by molar-refractivity contribution is -0.117. The summed E-state index contributed by atoms with van der Waals surface area (Å²) in [5, 5.41) is 4.40. The van der Waals surface area contributed by atoms with E-state index >= 15 is 0 Å². The van der Waals surface area contributed by atoms with Crippen LogP contribution in [-0.4, -0.2) is 22.6 Å². The monoisotopic (exact) mass is 343 g/mol. The van der Waals surface area contributed by atoms with Crippen molar-refractivity contribution in [2.75, 3.05) is 5.32 Å². The first-order valence-electron chi connectivity index (χ1n) is 6.03. The summed E-state index contributed by atoms with van der Waals surface area (Å²) in [6, 6.07) is 6.07. The molecular formula is C13H11F2N3O2S2. The number of aromatic nitrogens is 1. The van der Waals surface area contributed by atoms with Crippen LogP contribution in [0.2, 0.25) is 0 Å². The van der Waals surface area contributed by atoms with Crippen molar-refractivity contribution in [3.05, 3.63) is 40.9 Å². The highest BCUT2D eigenvalue weighted by molar-refractivity contribution is 7.99. The molecule has 0 unspecified atom stereocenters. The Morgan fingerprint density at radius 2 is 2.09 bits per heavy atom. The maximum atomic E-state index is 12.5. The van der Waals surface area contributed by atoms with Gasteiger partial charge in [0.2, 0.25) is 5.91 Å². The van der Waals surface area contributed by atoms with Crippen LogP contribution in [0.3, 0.4) is 0 Å². The van der Waals surface area contributed by atoms with Crippen molar-refractivity contribution in [3.8, 4) is 0 Å². The number of hydrogen-bond donors (Lipinski definition) is 2. The van der Waals surface area contributed by atoms with Crippen LogP contribution in [0.25, 0.3) is 0 Å². The van der Waals surface area contributed by atoms with Crippen LogP contribution in [0.15, 0.2) is 34.5 Å². The topological polar surface area (TPSA) is 85.1 Å². The fraction of sp³-hybridized carbons (Fsp3) is 0.154. The van der Waals surface area contributed by atoms with Crippen molar-refractivity contribution in [2.24, 2.45) is 5.73 Å². The zero-order chi connectivity index (χ0) is 16.1. The van der Waals surface area contributed by atoms with E-state index in [9.17, 15) is 18.4 Å². The maximum Gasteiger partial charge on any atom is 0.288 e. The Morgan fingerprint density at radius 3 is 2.77 bits per heavy atom. The second-order valence-electron chi connectivity index (χ2n) is 4.12. The highest BCUT2D eigenvalue weighted by Gasteiger charge is 2.16. The van der Waals surface area contributed by atoms with Gasteiger partial charge in [-0.05, 0) is 12.1 Å². The Hall–Kier alpha value is -2.00. The van der Waals surface area contributed by atoms with Gasteiger partial charge in [0.05, 0.1) is 17.7 Å². The molecule has 9 heteroatoms. The van der Waals surface area contributed by atoms with E-state index in [0.29, 0.717) is 17.5 Å². The number of thioether (sulfide) groups is 1. The lowest BCUT2D eigenvalue weighted by atomic mass is 10.2. The summed E-state index contributed by atoms with van der Waals surface area (Å²) >= 11 is 1.43. The van der Waals surface area contributed by atoms with Crippen LogP contribution in [0.5, 0.6) is 0 Å². The number of halogens is 2. The average molecular weight is 343 g/mol. The summed E-state index contributed by atoms with van der Waals surface area (Å²) in [6.45, 7) is 0. The number of anilines is 1. The molecule has 116 valence electrons. The number of nitrogens with two attached hydrogens (primary N) is 1. The fourth-order valence-corrected chi connectivity index (χ4v) is 2.98. The van der Waals surface area contributed by atoms with Gasteiger partial charge in [0, 0.05) is 10.3 Å². The number of rotatable bonds is 6. The van der Waals surface area contributed by atoms with Gasteiger partial charge in [-0.3, -0.25) is 14.9 Å². The molecule has 0 saturated carbocycles. The number of carbonyl (C=O) groups is 2. The molecule has 0 atom stereocenters. The van der Waals surface area contributed by atoms with E-state index in [1.165, 1.54) is 12.1 Å². The molecule has 0 spiro atoms. The third kappa shape index (κ3) is 4.50. The van der Waals surface area contributed by atoms with E-state index in [0.717, 1.165) is 11.3 Å². The lowest BCUT2D eigenvalue weighted by Gasteiger charge is -2.07. The summed E-state index contributed by atoms with van der Waals surface area (Å²) in [4.78, 5) is 27.2. The van der Waals surface area contributed by atoms with Crippen molar-refractivity contribution in [1.82, 2.24) is 4.98 Å². The number of thiazole rings is 1. The predicted octanol–water partition coefficient (Wildman–Crippen LogP) is 2.74. The van der Waals surface area contributed by atoms with Gasteiger partial charge in [0.25, 0.3) is 11.7 Å². The third-order valence-corrected chi connectivity index (χ3v) is 4.07. The molecule has 2 rings (SSSR count). The molecule has 1 heterocycles. The first-order chi connectivity index (χ1) is 10.5. The molecule has 2 amide bonds. The van der Waals surface area contributed by atoms with Crippen LogP contribution >= 0.6 is 23.1 Å². The van der Waals surface area contributed by atoms with Crippen LogP contribution in [0.4, 0.5) is 13.9 Å². The number of carbonyl (C=O) groups excluding carboxylic acids is 2. The Bertz CT molecular complexity index is 691. The number of alkyl halides is 2. The smallest absolute Gasteiger partial charge is 0.288 e. The molecule has 0 saturated heterocycles. The first kappa shape index (κ1) is 16.4. The highest BCUT2D eigenvalue weighted by Crippen LogP contribution is 2.29. The minimum absolute atomic E-state index is 0.0236. The molecule has 0 aliphatic carbocycles. The quantitative estimate of drug-likeness (QED) is 0.790. The van der Waals surface area contributed by atoms with Crippen LogP contribution < -0.4 is 11.1 Å². The summed E-state index contributed by atoms with van der Waals surface area (Å²) in [5.41, 5.74) is 5.64. The number of primary amides is 1. The number of nitrogens with one attached hydrogen (secondary N) is 1. The summed E-state index contributed by atoms with van der Waals surface area (Å²) in [7, 11) is 0. The van der Waals surface area contributed by atoms with Crippen molar-refractivity contribution in [1.29, 1.82) is 0 Å². The molecule has 1 aromatic heterocycles. The molecule has 5 nitrogen and oxygen atoms in total. The number of nitrogens with zero attached hydrogens (tertiary/aromatic N) is 1. The van der Waals surface area contributed by atoms with E-state index in [1.54, 1.807) is 17.5 Å². The molecule has 0 aliphatic heterocycles. The number of benzene rings is 1. The molecule has 22 heavy (non-hydrogen) atoms. The first-order valence-corrected chi connectivity index (χ1v) is 7.79. The minimum Gasteiger partial charge on any atom is -0.369 e. The van der Waals surface area contributed by atoms with Gasteiger partial charge in [-0.2, -0.15) is 8.78 Å². The Balaban J connectivity index is 2.12. The van der Waals surface area contributed by atoms with E-state index < -0.39 is 17.6 Å². The number of amides is 2. The van der Waals surface area contributed by atoms with Gasteiger partial charge in [0.1, 0.15) is 0 Å². The van der Waals surface area contributed by atoms with Crippen LogP contribution in [0, 0.1) is 0 Å². The van der Waals surface area contributed by atoms with E-state index in [4.69, 9.17) is 5.73 Å². The molecule has 0 bridgehead atoms. The summed E-state index contributed by atoms with van der Waals surface area (Å²) < 4.78 is 25.0. The Labute approximate surface area is 132 Å². The van der Waals surface area contributed by atoms with Crippen LogP contribution in [-0.2, 0) is 11.2 Å². The van der Waals surface area contributed by atoms with Gasteiger partial charge in [-0.25, -0.2) is 4.98 Å². The molecule has 1 aromatic carbocycles. The SMILES string of the molecule is NC(=O)Cc1csc(NC(=O)c2ccccc2SC(F)F)n1. The zero-order valence-corrected chi connectivity index (χ0v) is 12.7. The summed E-state index contributed by atoms with van der Waals surface area (Å²) in [5.74, 6) is -3.68. The molecule has 3 N–H and O–H groups in total. The highest BCUT2D eigenvalue weighted by atomic mass is 32.2. The molecule has 0 radical (unpaired) electrons. The normalized spacial score (nSPS) is 10.7. The zero-order valence-electron chi connectivity index (χ0n) is 11.1. The van der Waals surface area contributed by atoms with E-state index in [2.05, 4.69) is 10.3 Å². The van der Waals surface area contributed by atoms with Gasteiger partial charge in [0.15, 0.2) is 5.13 Å². The maximum absolute atomic E-state index is 12.5. The van der Waals surface area contributed by atoms with E-state index in [-0.39, 0.29) is 22.0 Å². The van der Waals surface area contributed by atoms with Gasteiger partial charge < -0.3 is 5.73 Å². The standard InChI is InChI=1S/C13H11F2N3O2S2/c14-12(15)22-9-4-2-1-3-8(9)11(20)18-13-17-7(6-21-13)5-10(16)19/h1-4,6,12H,5H2,(H2,16,19)(H,17,18,20). The van der Waals surface area contributed by atoms with Crippen LogP contribution in [0.1, 0.15) is 16.1 Å². The largest absolute Gasteiger partial charge is 0.369 e. The summed E-state index contributed by atoms with van der Waals surface area (Å²) in [6.07, 6.45) is -0.0236. The van der Waals surface area contributed by atoms with Crippen molar-refractivity contribution in [3.63, 3.8) is 0 Å². The second kappa shape index (κ2) is 7.32. The fourth-order valence-electron chi connectivity index (χ4n) is 1.64. The lowest BCUT2D eigenvalue weighted by Crippen LogP contribution is -2.15. The van der Waals surface area contributed by atoms with Gasteiger partial charge >= 0.3 is 0 Å². The minimum atomic E-state index is -2.61.